The maximum absolute atomic E-state index is 14.4. The first-order valence-corrected chi connectivity index (χ1v) is 12.1. The number of nitrogens with zero attached hydrogens (tertiary/aromatic N) is 1. The molecule has 1 aliphatic carbocycles. The molecule has 1 aromatic heterocycles. The minimum Gasteiger partial charge on any atom is -0.326 e. The van der Waals surface area contributed by atoms with Crippen LogP contribution in [0.2, 0.25) is 0 Å². The summed E-state index contributed by atoms with van der Waals surface area (Å²) in [7, 11) is -8.57. The fourth-order valence-electron chi connectivity index (χ4n) is 3.65. The Morgan fingerprint density at radius 2 is 1.80 bits per heavy atom. The van der Waals surface area contributed by atoms with E-state index in [9.17, 15) is 17.6 Å². The Morgan fingerprint density at radius 3 is 2.43 bits per heavy atom. The summed E-state index contributed by atoms with van der Waals surface area (Å²) in [6.07, 6.45) is 3.66. The molecule has 166 valence electrons. The third kappa shape index (κ3) is 5.22. The van der Waals surface area contributed by atoms with Crippen LogP contribution in [-0.2, 0) is 20.4 Å². The molecular formula is C17H22FN3O7S2. The monoisotopic (exact) mass is 463 g/mol. The third-order valence-corrected chi connectivity index (χ3v) is 7.01. The van der Waals surface area contributed by atoms with Gasteiger partial charge in [0.2, 0.25) is 10.0 Å². The highest BCUT2D eigenvalue weighted by atomic mass is 32.3. The molecule has 10 nitrogen and oxygen atoms in total. The molecule has 1 aliphatic heterocycles. The number of sulfonamides is 1. The van der Waals surface area contributed by atoms with Gasteiger partial charge in [0.15, 0.2) is 0 Å². The fourth-order valence-corrected chi connectivity index (χ4v) is 5.59. The van der Waals surface area contributed by atoms with Crippen molar-refractivity contribution in [2.75, 3.05) is 19.6 Å². The van der Waals surface area contributed by atoms with Gasteiger partial charge in [-0.05, 0) is 43.9 Å². The normalized spacial score (nSPS) is 21.0. The van der Waals surface area contributed by atoms with Crippen molar-refractivity contribution < 1.29 is 30.3 Å². The van der Waals surface area contributed by atoms with E-state index in [1.54, 1.807) is 0 Å². The zero-order valence-electron chi connectivity index (χ0n) is 15.8. The van der Waals surface area contributed by atoms with Gasteiger partial charge in [0.1, 0.15) is 5.82 Å². The van der Waals surface area contributed by atoms with Gasteiger partial charge in [-0.25, -0.2) is 12.8 Å². The summed E-state index contributed by atoms with van der Waals surface area (Å²) in [5.74, 6) is -0.381. The van der Waals surface area contributed by atoms with E-state index < -0.39 is 31.8 Å². The summed E-state index contributed by atoms with van der Waals surface area (Å²) in [6.45, 7) is 1.77. The second-order valence-corrected chi connectivity index (χ2v) is 9.93. The minimum absolute atomic E-state index is 0.0528. The molecule has 1 saturated heterocycles. The Labute approximate surface area is 172 Å². The number of aromatic amines is 1. The zero-order valence-corrected chi connectivity index (χ0v) is 17.4. The minimum atomic E-state index is -4.67. The molecule has 2 fully saturated rings. The number of aromatic nitrogens is 1. The first kappa shape index (κ1) is 22.8. The van der Waals surface area contributed by atoms with Crippen LogP contribution >= 0.6 is 0 Å². The van der Waals surface area contributed by atoms with E-state index in [4.69, 9.17) is 17.5 Å². The largest absolute Gasteiger partial charge is 0.394 e. The van der Waals surface area contributed by atoms with Crippen LogP contribution in [0, 0.1) is 11.7 Å². The zero-order chi connectivity index (χ0) is 22.1. The van der Waals surface area contributed by atoms with Crippen LogP contribution < -0.4 is 10.9 Å². The highest BCUT2D eigenvalue weighted by molar-refractivity contribution is 7.89. The van der Waals surface area contributed by atoms with Crippen molar-refractivity contribution in [1.82, 2.24) is 14.6 Å². The van der Waals surface area contributed by atoms with Crippen molar-refractivity contribution in [2.24, 2.45) is 5.92 Å². The van der Waals surface area contributed by atoms with E-state index in [1.807, 2.05) is 0 Å². The van der Waals surface area contributed by atoms with Gasteiger partial charge < -0.3 is 10.3 Å². The lowest BCUT2D eigenvalue weighted by Gasteiger charge is -2.29. The van der Waals surface area contributed by atoms with Crippen molar-refractivity contribution in [3.63, 3.8) is 0 Å². The number of nitrogens with one attached hydrogen (secondary N) is 2. The number of hydrogen-bond donors (Lipinski definition) is 4. The van der Waals surface area contributed by atoms with E-state index >= 15 is 0 Å². The number of hydrogen-bond acceptors (Lipinski definition) is 6. The number of benzene rings is 1. The first-order chi connectivity index (χ1) is 14.0. The van der Waals surface area contributed by atoms with Crippen molar-refractivity contribution in [3.05, 3.63) is 40.6 Å². The summed E-state index contributed by atoms with van der Waals surface area (Å²) in [5.41, 5.74) is -0.496. The standard InChI is InChI=1S/C17H20FN3O3S.H2O4S/c18-13-9-20-17(22)12-3-1-4-15(16(12)13)25(23,24)21-8-2-7-19-10-14(21)11-5-6-11;1-5(2,3)4/h1,3-4,9,11,14,19H,2,5-8,10H2,(H,20,22);(H2,1,2,3,4)/t14-;/m0./s1. The highest BCUT2D eigenvalue weighted by Gasteiger charge is 2.42. The van der Waals surface area contributed by atoms with Gasteiger partial charge in [-0.15, -0.1) is 0 Å². The molecule has 4 N–H and O–H groups in total. The van der Waals surface area contributed by atoms with Crippen molar-refractivity contribution in [1.29, 1.82) is 0 Å². The lowest BCUT2D eigenvalue weighted by atomic mass is 10.2. The van der Waals surface area contributed by atoms with E-state index in [2.05, 4.69) is 10.3 Å². The number of fused-ring (bicyclic) bond motifs is 1. The van der Waals surface area contributed by atoms with Gasteiger partial charge in [0.05, 0.1) is 10.3 Å². The second kappa shape index (κ2) is 8.69. The van der Waals surface area contributed by atoms with Crippen LogP contribution in [0.15, 0.2) is 34.1 Å². The smallest absolute Gasteiger partial charge is 0.326 e. The molecule has 13 heteroatoms. The molecule has 0 radical (unpaired) electrons. The first-order valence-electron chi connectivity index (χ1n) is 9.22. The Bertz CT molecular complexity index is 1190. The molecule has 2 aromatic rings. The predicted molar refractivity (Wildman–Crippen MR) is 107 cm³/mol. The molecule has 1 aromatic carbocycles. The average Bonchev–Trinajstić information content (AvgIpc) is 3.48. The van der Waals surface area contributed by atoms with Crippen molar-refractivity contribution in [2.45, 2.75) is 30.2 Å². The molecule has 0 amide bonds. The SMILES string of the molecule is O=S(=O)(O)O.O=c1[nH]cc(F)c2c(S(=O)(=O)N3CCCNC[C@H]3C3CC3)cccc12. The van der Waals surface area contributed by atoms with E-state index in [-0.39, 0.29) is 21.7 Å². The van der Waals surface area contributed by atoms with Gasteiger partial charge in [-0.3, -0.25) is 13.9 Å². The lowest BCUT2D eigenvalue weighted by Crippen LogP contribution is -2.45. The van der Waals surface area contributed by atoms with Gasteiger partial charge in [0, 0.05) is 30.7 Å². The van der Waals surface area contributed by atoms with Crippen LogP contribution in [0.3, 0.4) is 0 Å². The molecule has 2 aliphatic rings. The van der Waals surface area contributed by atoms with Gasteiger partial charge in [-0.2, -0.15) is 12.7 Å². The molecule has 2 heterocycles. The topological polar surface area (TPSA) is 157 Å². The van der Waals surface area contributed by atoms with Crippen molar-refractivity contribution in [3.8, 4) is 0 Å². The number of pyridine rings is 1. The Balaban J connectivity index is 0.000000461. The Hall–Kier alpha value is -1.90. The summed E-state index contributed by atoms with van der Waals surface area (Å²) in [6, 6.07) is 4.21. The van der Waals surface area contributed by atoms with Crippen LogP contribution in [-0.4, -0.2) is 60.9 Å². The molecule has 0 spiro atoms. The Kier molecular flexibility index (Phi) is 6.60. The predicted octanol–water partition coefficient (Wildman–Crippen LogP) is 0.777. The van der Waals surface area contributed by atoms with Gasteiger partial charge >= 0.3 is 10.4 Å². The molecule has 4 rings (SSSR count). The number of halogens is 1. The maximum Gasteiger partial charge on any atom is 0.394 e. The maximum atomic E-state index is 14.4. The van der Waals surface area contributed by atoms with Crippen LogP contribution in [0.4, 0.5) is 4.39 Å². The summed E-state index contributed by atoms with van der Waals surface area (Å²) in [4.78, 5) is 14.2. The van der Waals surface area contributed by atoms with Crippen LogP contribution in [0.5, 0.6) is 0 Å². The summed E-state index contributed by atoms with van der Waals surface area (Å²) >= 11 is 0. The molecule has 0 bridgehead atoms. The molecule has 0 unspecified atom stereocenters. The summed E-state index contributed by atoms with van der Waals surface area (Å²) in [5, 5.41) is 3.22. The van der Waals surface area contributed by atoms with E-state index in [0.717, 1.165) is 25.6 Å². The lowest BCUT2D eigenvalue weighted by molar-refractivity contribution is 0.306. The average molecular weight is 464 g/mol. The molecular weight excluding hydrogens is 441 g/mol. The van der Waals surface area contributed by atoms with Crippen molar-refractivity contribution >= 4 is 31.2 Å². The highest BCUT2D eigenvalue weighted by Crippen LogP contribution is 2.38. The second-order valence-electron chi connectivity index (χ2n) is 7.17. The van der Waals surface area contributed by atoms with Gasteiger partial charge in [0.25, 0.3) is 5.56 Å². The van der Waals surface area contributed by atoms with E-state index in [1.165, 1.54) is 22.5 Å². The van der Waals surface area contributed by atoms with Crippen LogP contribution in [0.1, 0.15) is 19.3 Å². The third-order valence-electron chi connectivity index (χ3n) is 5.05. The molecule has 1 saturated carbocycles. The summed E-state index contributed by atoms with van der Waals surface area (Å²) < 4.78 is 74.3. The molecule has 1 atom stereocenters. The fraction of sp³-hybridized carbons (Fsp3) is 0.471. The van der Waals surface area contributed by atoms with E-state index in [0.29, 0.717) is 25.4 Å². The molecule has 30 heavy (non-hydrogen) atoms. The number of rotatable bonds is 3. The quantitative estimate of drug-likeness (QED) is 0.486. The number of H-pyrrole nitrogens is 1. The van der Waals surface area contributed by atoms with Gasteiger partial charge in [-0.1, -0.05) is 6.07 Å². The Morgan fingerprint density at radius 1 is 1.13 bits per heavy atom. The van der Waals surface area contributed by atoms with Crippen LogP contribution in [0.25, 0.3) is 10.8 Å².